The SMILES string of the molecule is COC(=O)C(NC(=O)C#C[Si](C(C)C)(C(C)C)C(C)C)C(C)(C)SC(c1ccccc1)(c1ccccc1)c1ccccc1. The van der Waals surface area contributed by atoms with Gasteiger partial charge < -0.3 is 10.1 Å². The molecular weight excluding hydrogens is 567 g/mol. The van der Waals surface area contributed by atoms with Crippen molar-refractivity contribution in [1.82, 2.24) is 5.32 Å². The van der Waals surface area contributed by atoms with Crippen molar-refractivity contribution < 1.29 is 14.3 Å². The Balaban J connectivity index is 2.15. The van der Waals surface area contributed by atoms with Gasteiger partial charge >= 0.3 is 5.97 Å². The number of benzene rings is 3. The van der Waals surface area contributed by atoms with Crippen molar-refractivity contribution in [2.24, 2.45) is 0 Å². The van der Waals surface area contributed by atoms with Crippen LogP contribution in [0.5, 0.6) is 0 Å². The van der Waals surface area contributed by atoms with E-state index in [1.54, 1.807) is 11.8 Å². The third kappa shape index (κ3) is 7.28. The first-order valence-electron chi connectivity index (χ1n) is 15.1. The van der Waals surface area contributed by atoms with Crippen molar-refractivity contribution in [1.29, 1.82) is 0 Å². The highest BCUT2D eigenvalue weighted by Crippen LogP contribution is 2.54. The molecule has 0 heterocycles. The average molecular weight is 614 g/mol. The predicted octanol–water partition coefficient (Wildman–Crippen LogP) is 8.37. The van der Waals surface area contributed by atoms with Crippen LogP contribution in [0.4, 0.5) is 0 Å². The first-order valence-corrected chi connectivity index (χ1v) is 18.2. The molecule has 228 valence electrons. The van der Waals surface area contributed by atoms with E-state index in [-0.39, 0.29) is 0 Å². The van der Waals surface area contributed by atoms with Gasteiger partial charge in [0.05, 0.1) is 11.9 Å². The zero-order valence-corrected chi connectivity index (χ0v) is 28.9. The normalized spacial score (nSPS) is 12.9. The molecule has 43 heavy (non-hydrogen) atoms. The van der Waals surface area contributed by atoms with Gasteiger partial charge in [-0.1, -0.05) is 133 Å². The van der Waals surface area contributed by atoms with Gasteiger partial charge in [0.1, 0.15) is 14.1 Å². The van der Waals surface area contributed by atoms with E-state index < -0.39 is 35.5 Å². The molecule has 0 aliphatic heterocycles. The second kappa shape index (κ2) is 14.5. The summed E-state index contributed by atoms with van der Waals surface area (Å²) in [5.41, 5.74) is 7.87. The van der Waals surface area contributed by atoms with Crippen LogP contribution in [0.2, 0.25) is 16.6 Å². The van der Waals surface area contributed by atoms with Crippen molar-refractivity contribution in [3.63, 3.8) is 0 Å². The average Bonchev–Trinajstić information content (AvgIpc) is 2.99. The molecule has 0 aliphatic carbocycles. The Morgan fingerprint density at radius 3 is 1.42 bits per heavy atom. The number of methoxy groups -OCH3 is 1. The number of thioether (sulfide) groups is 1. The summed E-state index contributed by atoms with van der Waals surface area (Å²) in [4.78, 5) is 27.0. The van der Waals surface area contributed by atoms with Crippen LogP contribution in [-0.2, 0) is 19.1 Å². The Labute approximate surface area is 264 Å². The van der Waals surface area contributed by atoms with E-state index in [0.29, 0.717) is 16.6 Å². The van der Waals surface area contributed by atoms with E-state index in [1.165, 1.54) is 7.11 Å². The predicted molar refractivity (Wildman–Crippen MR) is 184 cm³/mol. The standard InChI is InChI=1S/C37H47NO3SSi/c1-27(2)43(28(3)4,29(5)6)26-25-33(39)38-34(35(40)41-9)36(7,8)42-37(30-19-13-10-14-20-30,31-21-15-11-16-22-31)32-23-17-12-18-24-32/h10-24,27-29,34H,1-9H3,(H,38,39). The van der Waals surface area contributed by atoms with E-state index >= 15 is 0 Å². The fourth-order valence-corrected chi connectivity index (χ4v) is 13.6. The lowest BCUT2D eigenvalue weighted by Crippen LogP contribution is -2.54. The molecule has 1 unspecified atom stereocenters. The fourth-order valence-electron chi connectivity index (χ4n) is 6.55. The van der Waals surface area contributed by atoms with Crippen LogP contribution in [-0.4, -0.2) is 37.8 Å². The minimum atomic E-state index is -2.14. The first-order chi connectivity index (χ1) is 20.3. The van der Waals surface area contributed by atoms with Crippen LogP contribution in [0, 0.1) is 11.5 Å². The van der Waals surface area contributed by atoms with Crippen molar-refractivity contribution in [3.05, 3.63) is 108 Å². The Bertz CT molecular complexity index is 1290. The lowest BCUT2D eigenvalue weighted by molar-refractivity contribution is -0.145. The number of hydrogen-bond donors (Lipinski definition) is 1. The number of rotatable bonds is 11. The van der Waals surface area contributed by atoms with Gasteiger partial charge in [-0.15, -0.1) is 17.3 Å². The van der Waals surface area contributed by atoms with E-state index in [9.17, 15) is 9.59 Å². The summed E-state index contributed by atoms with van der Waals surface area (Å²) in [5.74, 6) is 2.00. The minimum absolute atomic E-state index is 0.388. The second-order valence-electron chi connectivity index (χ2n) is 12.6. The molecular formula is C37H47NO3SSi. The Morgan fingerprint density at radius 2 is 1.09 bits per heavy atom. The van der Waals surface area contributed by atoms with E-state index in [0.717, 1.165) is 16.7 Å². The lowest BCUT2D eigenvalue weighted by Gasteiger charge is -2.43. The molecule has 1 N–H and O–H groups in total. The summed E-state index contributed by atoms with van der Waals surface area (Å²) in [7, 11) is -0.775. The first kappa shape index (κ1) is 34.2. The van der Waals surface area contributed by atoms with Gasteiger partial charge in [-0.3, -0.25) is 4.79 Å². The quantitative estimate of drug-likeness (QED) is 0.102. The van der Waals surface area contributed by atoms with Crippen molar-refractivity contribution in [2.45, 2.75) is 87.5 Å². The van der Waals surface area contributed by atoms with Gasteiger partial charge in [-0.25, -0.2) is 4.79 Å². The molecule has 0 aliphatic rings. The van der Waals surface area contributed by atoms with E-state index in [1.807, 2.05) is 68.4 Å². The summed E-state index contributed by atoms with van der Waals surface area (Å²) in [6, 6.07) is 30.0. The number of hydrogen-bond acceptors (Lipinski definition) is 4. The monoisotopic (exact) mass is 613 g/mol. The van der Waals surface area contributed by atoms with E-state index in [2.05, 4.69) is 94.7 Å². The maximum Gasteiger partial charge on any atom is 0.329 e. The molecule has 0 radical (unpaired) electrons. The van der Waals surface area contributed by atoms with Crippen LogP contribution >= 0.6 is 11.8 Å². The maximum atomic E-state index is 13.5. The van der Waals surface area contributed by atoms with Gasteiger partial charge in [0.25, 0.3) is 5.91 Å². The molecule has 0 fully saturated rings. The number of carbonyl (C=O) groups excluding carboxylic acids is 2. The molecule has 3 aromatic rings. The summed E-state index contributed by atoms with van der Waals surface area (Å²) in [5, 5.41) is 2.99. The summed E-state index contributed by atoms with van der Waals surface area (Å²) in [6.07, 6.45) is 0. The zero-order chi connectivity index (χ0) is 31.8. The van der Waals surface area contributed by atoms with Gasteiger partial charge in [-0.2, -0.15) is 0 Å². The molecule has 1 atom stereocenters. The molecule has 0 bridgehead atoms. The highest BCUT2D eigenvalue weighted by atomic mass is 32.2. The summed E-state index contributed by atoms with van der Waals surface area (Å²) < 4.78 is 3.77. The number of nitrogens with one attached hydrogen (secondary N) is 1. The lowest BCUT2D eigenvalue weighted by atomic mass is 9.84. The van der Waals surface area contributed by atoms with Crippen LogP contribution in [0.15, 0.2) is 91.0 Å². The number of amides is 1. The van der Waals surface area contributed by atoms with Gasteiger partial charge in [0, 0.05) is 4.75 Å². The van der Waals surface area contributed by atoms with Crippen LogP contribution in [0.25, 0.3) is 0 Å². The van der Waals surface area contributed by atoms with Gasteiger partial charge in [0.15, 0.2) is 0 Å². The topological polar surface area (TPSA) is 55.4 Å². The van der Waals surface area contributed by atoms with Crippen LogP contribution in [0.1, 0.15) is 72.1 Å². The molecule has 3 aromatic carbocycles. The van der Waals surface area contributed by atoms with Crippen molar-refractivity contribution in [3.8, 4) is 11.5 Å². The Kier molecular flexibility index (Phi) is 11.5. The smallest absolute Gasteiger partial charge is 0.329 e. The van der Waals surface area contributed by atoms with Crippen LogP contribution < -0.4 is 5.32 Å². The molecule has 0 saturated carbocycles. The zero-order valence-electron chi connectivity index (χ0n) is 27.1. The third-order valence-electron chi connectivity index (χ3n) is 8.62. The molecule has 0 saturated heterocycles. The van der Waals surface area contributed by atoms with Crippen LogP contribution in [0.3, 0.4) is 0 Å². The summed E-state index contributed by atoms with van der Waals surface area (Å²) in [6.45, 7) is 17.3. The Hall–Kier alpha value is -3.27. The van der Waals surface area contributed by atoms with Crippen molar-refractivity contribution in [2.75, 3.05) is 7.11 Å². The second-order valence-corrected chi connectivity index (χ2v) is 20.0. The van der Waals surface area contributed by atoms with Gasteiger partial charge in [-0.05, 0) is 53.1 Å². The highest BCUT2D eigenvalue weighted by Gasteiger charge is 2.48. The van der Waals surface area contributed by atoms with Gasteiger partial charge in [0.2, 0.25) is 0 Å². The largest absolute Gasteiger partial charge is 0.467 e. The van der Waals surface area contributed by atoms with Crippen molar-refractivity contribution >= 4 is 31.7 Å². The molecule has 0 aromatic heterocycles. The highest BCUT2D eigenvalue weighted by molar-refractivity contribution is 8.02. The third-order valence-corrected chi connectivity index (χ3v) is 16.7. The molecule has 3 rings (SSSR count). The molecule has 0 spiro atoms. The van der Waals surface area contributed by atoms with E-state index in [4.69, 9.17) is 4.74 Å². The molecule has 4 nitrogen and oxygen atoms in total. The number of esters is 1. The molecule has 1 amide bonds. The fraction of sp³-hybridized carbons (Fsp3) is 0.405. The Morgan fingerprint density at radius 1 is 0.721 bits per heavy atom. The number of ether oxygens (including phenoxy) is 1. The summed E-state index contributed by atoms with van der Waals surface area (Å²) >= 11 is 1.63. The number of carbonyl (C=O) groups is 2. The maximum absolute atomic E-state index is 13.5. The molecule has 6 heteroatoms. The minimum Gasteiger partial charge on any atom is -0.467 e.